The number of ether oxygens (including phenoxy) is 2. The summed E-state index contributed by atoms with van der Waals surface area (Å²) in [5.74, 6) is -0.154. The van der Waals surface area contributed by atoms with Crippen LogP contribution in [0.4, 0.5) is 19.0 Å². The quantitative estimate of drug-likeness (QED) is 0.615. The molecule has 168 valence electrons. The van der Waals surface area contributed by atoms with Crippen molar-refractivity contribution in [3.05, 3.63) is 53.0 Å². The van der Waals surface area contributed by atoms with Crippen LogP contribution in [0.3, 0.4) is 0 Å². The number of halogens is 3. The maximum absolute atomic E-state index is 14.6. The lowest BCUT2D eigenvalue weighted by molar-refractivity contribution is -0.129. The molecule has 4 rings (SSSR count). The number of fused-ring (bicyclic) bond motifs is 2. The summed E-state index contributed by atoms with van der Waals surface area (Å²) in [5.41, 5.74) is 0.0512. The highest BCUT2D eigenvalue weighted by atomic mass is 19.3. The number of benzene rings is 2. The van der Waals surface area contributed by atoms with Gasteiger partial charge >= 0.3 is 0 Å². The van der Waals surface area contributed by atoms with Gasteiger partial charge in [-0.05, 0) is 26.0 Å². The first-order valence-electron chi connectivity index (χ1n) is 9.95. The molecule has 1 aliphatic heterocycles. The number of nitrogens with zero attached hydrogens (tertiary/aromatic N) is 2. The minimum atomic E-state index is -2.92. The fourth-order valence-corrected chi connectivity index (χ4v) is 3.60. The molecule has 2 aromatic carbocycles. The van der Waals surface area contributed by atoms with Gasteiger partial charge in [-0.25, -0.2) is 13.2 Å². The zero-order valence-corrected chi connectivity index (χ0v) is 17.6. The topological polar surface area (TPSA) is 85.4 Å². The predicted octanol–water partition coefficient (Wildman–Crippen LogP) is 4.07. The van der Waals surface area contributed by atoms with Crippen LogP contribution in [0, 0.1) is 12.7 Å². The van der Waals surface area contributed by atoms with Crippen LogP contribution < -0.4 is 20.1 Å². The molecular weight excluding hydrogens is 425 g/mol. The number of carbonyl (C=O) groups is 1. The second kappa shape index (κ2) is 8.52. The molecule has 10 heteroatoms. The van der Waals surface area contributed by atoms with E-state index in [2.05, 4.69) is 20.8 Å². The van der Waals surface area contributed by atoms with Gasteiger partial charge in [-0.2, -0.15) is 5.10 Å². The second-order valence-electron chi connectivity index (χ2n) is 7.43. The van der Waals surface area contributed by atoms with Crippen LogP contribution in [0.2, 0.25) is 0 Å². The van der Waals surface area contributed by atoms with Gasteiger partial charge in [-0.15, -0.1) is 5.10 Å². The minimum absolute atomic E-state index is 0.0671. The van der Waals surface area contributed by atoms with Gasteiger partial charge in [0.2, 0.25) is 6.10 Å². The molecule has 3 aromatic rings. The summed E-state index contributed by atoms with van der Waals surface area (Å²) >= 11 is 0. The van der Waals surface area contributed by atoms with Crippen molar-refractivity contribution in [1.82, 2.24) is 15.5 Å². The monoisotopic (exact) mass is 446 g/mol. The number of aromatic nitrogens is 2. The van der Waals surface area contributed by atoms with Gasteiger partial charge < -0.3 is 20.1 Å². The lowest BCUT2D eigenvalue weighted by atomic mass is 10.0. The Morgan fingerprint density at radius 3 is 2.59 bits per heavy atom. The molecule has 0 saturated carbocycles. The number of hydrogen-bond acceptors (Lipinski definition) is 6. The molecule has 2 atom stereocenters. The van der Waals surface area contributed by atoms with Crippen molar-refractivity contribution in [3.8, 4) is 11.5 Å². The van der Waals surface area contributed by atoms with Gasteiger partial charge in [0.15, 0.2) is 17.3 Å². The van der Waals surface area contributed by atoms with Crippen LogP contribution in [-0.4, -0.2) is 35.9 Å². The highest BCUT2D eigenvalue weighted by molar-refractivity contribution is 5.96. The number of likely N-dealkylation sites (N-methyl/N-ethyl adjacent to an activating group) is 1. The third-order valence-corrected chi connectivity index (χ3v) is 5.34. The number of nitrogens with one attached hydrogen (secondary N) is 2. The molecule has 2 N–H and O–H groups in total. The summed E-state index contributed by atoms with van der Waals surface area (Å²) in [6.45, 7) is 3.48. The van der Waals surface area contributed by atoms with Gasteiger partial charge in [0.05, 0.1) is 17.3 Å². The van der Waals surface area contributed by atoms with E-state index in [1.165, 1.54) is 19.2 Å². The first-order valence-corrected chi connectivity index (χ1v) is 9.95. The number of alkyl halides is 2. The van der Waals surface area contributed by atoms with Crippen LogP contribution in [0.1, 0.15) is 36.2 Å². The summed E-state index contributed by atoms with van der Waals surface area (Å²) in [4.78, 5) is 11.9. The molecule has 0 bridgehead atoms. The molecule has 7 nitrogen and oxygen atoms in total. The number of hydrogen-bond donors (Lipinski definition) is 2. The van der Waals surface area contributed by atoms with Gasteiger partial charge in [-0.1, -0.05) is 18.2 Å². The smallest absolute Gasteiger partial charge is 0.266 e. The van der Waals surface area contributed by atoms with Crippen molar-refractivity contribution >= 4 is 22.5 Å². The van der Waals surface area contributed by atoms with Gasteiger partial charge in [-0.3, -0.25) is 4.79 Å². The molecule has 0 radical (unpaired) electrons. The third kappa shape index (κ3) is 3.88. The lowest BCUT2D eigenvalue weighted by Crippen LogP contribution is -2.42. The minimum Gasteiger partial charge on any atom is -0.485 e. The van der Waals surface area contributed by atoms with E-state index in [1.54, 1.807) is 26.0 Å². The molecule has 2 heterocycles. The van der Waals surface area contributed by atoms with Crippen LogP contribution in [-0.2, 0) is 4.79 Å². The fraction of sp³-hybridized carbons (Fsp3) is 0.318. The number of rotatable bonds is 5. The molecule has 0 saturated heterocycles. The molecule has 0 aliphatic carbocycles. The Morgan fingerprint density at radius 2 is 1.88 bits per heavy atom. The normalized spacial score (nSPS) is 16.2. The van der Waals surface area contributed by atoms with E-state index >= 15 is 0 Å². The first-order chi connectivity index (χ1) is 15.3. The summed E-state index contributed by atoms with van der Waals surface area (Å²) in [6, 6.07) is 6.61. The molecular formula is C22H21F3N4O3. The second-order valence-corrected chi connectivity index (χ2v) is 7.43. The van der Waals surface area contributed by atoms with Crippen molar-refractivity contribution < 1.29 is 27.4 Å². The summed E-state index contributed by atoms with van der Waals surface area (Å²) in [5, 5.41) is 15.2. The highest BCUT2D eigenvalue weighted by Gasteiger charge is 2.28. The number of amides is 1. The van der Waals surface area contributed by atoms with Crippen LogP contribution in [0.25, 0.3) is 10.8 Å². The van der Waals surface area contributed by atoms with Crippen molar-refractivity contribution in [1.29, 1.82) is 0 Å². The Morgan fingerprint density at radius 1 is 1.16 bits per heavy atom. The molecule has 1 aliphatic rings. The number of aryl methyl sites for hydroxylation is 1. The predicted molar refractivity (Wildman–Crippen MR) is 112 cm³/mol. The molecule has 0 fully saturated rings. The summed E-state index contributed by atoms with van der Waals surface area (Å²) in [6.07, 6.45) is -3.72. The van der Waals surface area contributed by atoms with Crippen molar-refractivity contribution in [3.63, 3.8) is 0 Å². The lowest BCUT2D eigenvalue weighted by Gasteiger charge is -2.26. The van der Waals surface area contributed by atoms with E-state index in [0.29, 0.717) is 28.4 Å². The molecule has 1 unspecified atom stereocenters. The number of anilines is 1. The maximum Gasteiger partial charge on any atom is 0.266 e. The Balaban J connectivity index is 1.72. The Kier molecular flexibility index (Phi) is 5.77. The van der Waals surface area contributed by atoms with E-state index in [4.69, 9.17) is 9.47 Å². The Labute approximate surface area is 181 Å². The maximum atomic E-state index is 14.6. The number of carbonyl (C=O) groups excluding carboxylic acids is 1. The zero-order chi connectivity index (χ0) is 23.0. The van der Waals surface area contributed by atoms with E-state index < -0.39 is 30.0 Å². The molecule has 1 amide bonds. The van der Waals surface area contributed by atoms with Crippen LogP contribution in [0.15, 0.2) is 30.3 Å². The summed E-state index contributed by atoms with van der Waals surface area (Å²) in [7, 11) is 1.51. The van der Waals surface area contributed by atoms with E-state index in [9.17, 15) is 18.0 Å². The highest BCUT2D eigenvalue weighted by Crippen LogP contribution is 2.39. The molecule has 0 spiro atoms. The molecule has 1 aromatic heterocycles. The van der Waals surface area contributed by atoms with Crippen LogP contribution >= 0.6 is 0 Å². The summed E-state index contributed by atoms with van der Waals surface area (Å²) < 4.78 is 52.2. The molecule has 32 heavy (non-hydrogen) atoms. The van der Waals surface area contributed by atoms with Gasteiger partial charge in [0.25, 0.3) is 12.3 Å². The Bertz CT molecular complexity index is 1190. The zero-order valence-electron chi connectivity index (χ0n) is 17.6. The SMILES string of the molecule is CNC(=O)C1COc2cc3c(C)nnc(N[C@H](C)c4cccc(C(F)F)c4F)c3cc2O1. The fourth-order valence-electron chi connectivity index (χ4n) is 3.60. The first kappa shape index (κ1) is 21.7. The third-order valence-electron chi connectivity index (χ3n) is 5.34. The van der Waals surface area contributed by atoms with Crippen molar-refractivity contribution in [2.45, 2.75) is 32.4 Å². The van der Waals surface area contributed by atoms with Crippen LogP contribution in [0.5, 0.6) is 11.5 Å². The van der Waals surface area contributed by atoms with E-state index in [0.717, 1.165) is 11.5 Å². The standard InChI is InChI=1S/C22H21F3N4O3/c1-10(12-5-4-6-13(19(12)23)20(24)25)27-21-15-8-17-16(7-14(15)11(2)28-29-21)31-9-18(32-17)22(30)26-3/h4-8,10,18,20H,9H2,1-3H3,(H,26,30)(H,27,29)/t10-,18?/m1/s1. The Hall–Kier alpha value is -3.56. The average molecular weight is 446 g/mol. The van der Waals surface area contributed by atoms with Gasteiger partial charge in [0.1, 0.15) is 12.4 Å². The van der Waals surface area contributed by atoms with Gasteiger partial charge in [0, 0.05) is 23.4 Å². The van der Waals surface area contributed by atoms with E-state index in [1.807, 2.05) is 0 Å². The van der Waals surface area contributed by atoms with Crippen molar-refractivity contribution in [2.24, 2.45) is 0 Å². The largest absolute Gasteiger partial charge is 0.485 e. The van der Waals surface area contributed by atoms with E-state index in [-0.39, 0.29) is 18.1 Å². The van der Waals surface area contributed by atoms with Crippen molar-refractivity contribution in [2.75, 3.05) is 19.0 Å². The average Bonchev–Trinajstić information content (AvgIpc) is 2.79.